The molecule has 2 fully saturated rings. The maximum absolute atomic E-state index is 9.57. The van der Waals surface area contributed by atoms with Crippen LogP contribution < -0.4 is 10.6 Å². The molecule has 0 amide bonds. The highest BCUT2D eigenvalue weighted by atomic mass is 16.1. The minimum Gasteiger partial charge on any atom is -0.373 e. The van der Waals surface area contributed by atoms with Crippen molar-refractivity contribution >= 4 is 12.1 Å². The molecular weight excluding hydrogens is 274 g/mol. The van der Waals surface area contributed by atoms with Gasteiger partial charge in [-0.2, -0.15) is 0 Å². The number of pyridine rings is 1. The molecule has 0 spiro atoms. The molecule has 1 saturated heterocycles. The molecule has 4 nitrogen and oxygen atoms in total. The molecular formula is C18H31N3O. The molecule has 2 N–H and O–H groups in total. The van der Waals surface area contributed by atoms with Crippen LogP contribution in [0.2, 0.25) is 0 Å². The van der Waals surface area contributed by atoms with Crippen LogP contribution in [-0.2, 0) is 10.2 Å². The van der Waals surface area contributed by atoms with E-state index < -0.39 is 0 Å². The SMILES string of the molecule is CC.CNc1ccc(C2(C)CCNCC2)cn1.O=CC1CC1. The number of aldehydes is 1. The van der Waals surface area contributed by atoms with Gasteiger partial charge in [0.05, 0.1) is 0 Å². The van der Waals surface area contributed by atoms with Crippen molar-refractivity contribution in [3.63, 3.8) is 0 Å². The van der Waals surface area contributed by atoms with Gasteiger partial charge in [-0.1, -0.05) is 26.8 Å². The molecule has 124 valence electrons. The van der Waals surface area contributed by atoms with Gasteiger partial charge in [-0.15, -0.1) is 0 Å². The van der Waals surface area contributed by atoms with Gasteiger partial charge in [0, 0.05) is 19.2 Å². The first-order valence-corrected chi connectivity index (χ1v) is 8.48. The summed E-state index contributed by atoms with van der Waals surface area (Å²) in [4.78, 5) is 14.0. The highest BCUT2D eigenvalue weighted by Gasteiger charge is 2.28. The lowest BCUT2D eigenvalue weighted by molar-refractivity contribution is -0.108. The zero-order valence-corrected chi connectivity index (χ0v) is 14.5. The molecule has 22 heavy (non-hydrogen) atoms. The Balaban J connectivity index is 0.000000289. The van der Waals surface area contributed by atoms with Crippen molar-refractivity contribution in [2.24, 2.45) is 5.92 Å². The van der Waals surface area contributed by atoms with Crippen LogP contribution >= 0.6 is 0 Å². The van der Waals surface area contributed by atoms with Crippen molar-refractivity contribution in [2.75, 3.05) is 25.5 Å². The fraction of sp³-hybridized carbons (Fsp3) is 0.667. The number of nitrogens with one attached hydrogen (secondary N) is 2. The summed E-state index contributed by atoms with van der Waals surface area (Å²) >= 11 is 0. The maximum Gasteiger partial charge on any atom is 0.125 e. The topological polar surface area (TPSA) is 54.0 Å². The molecule has 2 heterocycles. The molecule has 2 aliphatic rings. The van der Waals surface area contributed by atoms with Gasteiger partial charge in [-0.05, 0) is 55.8 Å². The molecule has 0 aromatic carbocycles. The minimum absolute atomic E-state index is 0.310. The third-order valence-corrected chi connectivity index (χ3v) is 4.24. The fourth-order valence-corrected chi connectivity index (χ4v) is 2.40. The van der Waals surface area contributed by atoms with E-state index in [-0.39, 0.29) is 0 Å². The lowest BCUT2D eigenvalue weighted by atomic mass is 9.76. The number of nitrogens with zero attached hydrogens (tertiary/aromatic N) is 1. The first kappa shape index (κ1) is 18.6. The largest absolute Gasteiger partial charge is 0.373 e. The second-order valence-electron chi connectivity index (χ2n) is 5.97. The Morgan fingerprint density at radius 3 is 2.27 bits per heavy atom. The van der Waals surface area contributed by atoms with E-state index in [1.165, 1.54) is 18.4 Å². The maximum atomic E-state index is 9.57. The van der Waals surface area contributed by atoms with Crippen molar-refractivity contribution in [3.05, 3.63) is 23.9 Å². The van der Waals surface area contributed by atoms with Crippen molar-refractivity contribution in [1.82, 2.24) is 10.3 Å². The molecule has 1 saturated carbocycles. The lowest BCUT2D eigenvalue weighted by Crippen LogP contribution is -2.37. The van der Waals surface area contributed by atoms with Crippen LogP contribution in [0, 0.1) is 5.92 Å². The van der Waals surface area contributed by atoms with E-state index in [9.17, 15) is 4.79 Å². The van der Waals surface area contributed by atoms with Gasteiger partial charge < -0.3 is 15.4 Å². The summed E-state index contributed by atoms with van der Waals surface area (Å²) in [5.41, 5.74) is 1.67. The number of carbonyl (C=O) groups is 1. The van der Waals surface area contributed by atoms with E-state index in [0.717, 1.165) is 38.0 Å². The van der Waals surface area contributed by atoms with E-state index >= 15 is 0 Å². The summed E-state index contributed by atoms with van der Waals surface area (Å²) in [5.74, 6) is 1.39. The van der Waals surface area contributed by atoms with Crippen LogP contribution in [0.4, 0.5) is 5.82 Å². The van der Waals surface area contributed by atoms with E-state index in [4.69, 9.17) is 0 Å². The van der Waals surface area contributed by atoms with Gasteiger partial charge in [0.2, 0.25) is 0 Å². The second kappa shape index (κ2) is 9.57. The van der Waals surface area contributed by atoms with Crippen LogP contribution in [0.5, 0.6) is 0 Å². The van der Waals surface area contributed by atoms with Crippen molar-refractivity contribution in [2.45, 2.75) is 51.9 Å². The Morgan fingerprint density at radius 2 is 1.91 bits per heavy atom. The number of rotatable bonds is 3. The molecule has 0 unspecified atom stereocenters. The zero-order valence-electron chi connectivity index (χ0n) is 14.5. The van der Waals surface area contributed by atoms with Crippen molar-refractivity contribution < 1.29 is 4.79 Å². The molecule has 3 rings (SSSR count). The molecule has 0 radical (unpaired) electrons. The van der Waals surface area contributed by atoms with Gasteiger partial charge in [0.25, 0.3) is 0 Å². The number of anilines is 1. The molecule has 1 aromatic rings. The molecule has 4 heteroatoms. The monoisotopic (exact) mass is 305 g/mol. The predicted octanol–water partition coefficient (Wildman–Crippen LogP) is 3.39. The molecule has 1 aliphatic carbocycles. The Bertz CT molecular complexity index is 420. The van der Waals surface area contributed by atoms with E-state index in [1.807, 2.05) is 27.1 Å². The quantitative estimate of drug-likeness (QED) is 0.841. The number of aromatic nitrogens is 1. The number of hydrogen-bond acceptors (Lipinski definition) is 4. The zero-order chi connectivity index (χ0) is 16.4. The first-order valence-electron chi connectivity index (χ1n) is 8.48. The molecule has 1 aliphatic heterocycles. The number of hydrogen-bond donors (Lipinski definition) is 2. The smallest absolute Gasteiger partial charge is 0.125 e. The van der Waals surface area contributed by atoms with Gasteiger partial charge in [0.1, 0.15) is 12.1 Å². The van der Waals surface area contributed by atoms with Gasteiger partial charge >= 0.3 is 0 Å². The van der Waals surface area contributed by atoms with Crippen LogP contribution in [0.3, 0.4) is 0 Å². The lowest BCUT2D eigenvalue weighted by Gasteiger charge is -2.34. The number of piperidine rings is 1. The number of carbonyl (C=O) groups excluding carboxylic acids is 1. The normalized spacial score (nSPS) is 18.9. The summed E-state index contributed by atoms with van der Waals surface area (Å²) in [7, 11) is 1.90. The van der Waals surface area contributed by atoms with Crippen LogP contribution in [-0.4, -0.2) is 31.4 Å². The van der Waals surface area contributed by atoms with Crippen LogP contribution in [0.25, 0.3) is 0 Å². The fourth-order valence-electron chi connectivity index (χ4n) is 2.40. The molecule has 0 bridgehead atoms. The standard InChI is InChI=1S/C12H19N3.C4H6O.C2H6/c1-12(5-7-14-8-6-12)10-3-4-11(13-2)15-9-10;5-3-4-1-2-4;1-2/h3-4,9,14H,5-8H2,1-2H3,(H,13,15);3-4H,1-2H2;1-2H3. The average molecular weight is 305 g/mol. The highest BCUT2D eigenvalue weighted by molar-refractivity contribution is 5.56. The van der Waals surface area contributed by atoms with Crippen molar-refractivity contribution in [3.8, 4) is 0 Å². The summed E-state index contributed by atoms with van der Waals surface area (Å²) in [6, 6.07) is 4.26. The molecule has 0 atom stereocenters. The second-order valence-corrected chi connectivity index (χ2v) is 5.97. The molecule has 1 aromatic heterocycles. The summed E-state index contributed by atoms with van der Waals surface area (Å²) in [6.45, 7) is 8.57. The van der Waals surface area contributed by atoms with Crippen LogP contribution in [0.1, 0.15) is 52.0 Å². The van der Waals surface area contributed by atoms with Gasteiger partial charge in [0.15, 0.2) is 0 Å². The van der Waals surface area contributed by atoms with Gasteiger partial charge in [-0.25, -0.2) is 4.98 Å². The Morgan fingerprint density at radius 1 is 1.27 bits per heavy atom. The first-order chi connectivity index (χ1) is 10.7. The Kier molecular flexibility index (Phi) is 8.10. The van der Waals surface area contributed by atoms with E-state index in [1.54, 1.807) is 0 Å². The van der Waals surface area contributed by atoms with Gasteiger partial charge in [-0.3, -0.25) is 0 Å². The van der Waals surface area contributed by atoms with E-state index in [0.29, 0.717) is 11.3 Å². The van der Waals surface area contributed by atoms with Crippen molar-refractivity contribution in [1.29, 1.82) is 0 Å². The Hall–Kier alpha value is -1.42. The third-order valence-electron chi connectivity index (χ3n) is 4.24. The average Bonchev–Trinajstić information content (AvgIpc) is 3.42. The highest BCUT2D eigenvalue weighted by Crippen LogP contribution is 2.32. The Labute approximate surface area is 135 Å². The predicted molar refractivity (Wildman–Crippen MR) is 93.4 cm³/mol. The third kappa shape index (κ3) is 5.76. The van der Waals surface area contributed by atoms with Crippen LogP contribution in [0.15, 0.2) is 18.3 Å². The summed E-state index contributed by atoms with van der Waals surface area (Å²) in [5, 5.41) is 6.45. The summed E-state index contributed by atoms with van der Waals surface area (Å²) in [6.07, 6.45) is 7.73. The van der Waals surface area contributed by atoms with E-state index in [2.05, 4.69) is 34.7 Å². The summed E-state index contributed by atoms with van der Waals surface area (Å²) < 4.78 is 0. The minimum atomic E-state index is 0.310.